The zero-order chi connectivity index (χ0) is 13.9. The summed E-state index contributed by atoms with van der Waals surface area (Å²) in [5.74, 6) is 1.47. The number of aromatic nitrogens is 2. The summed E-state index contributed by atoms with van der Waals surface area (Å²) in [7, 11) is 1.52. The number of para-hydroxylation sites is 1. The van der Waals surface area contributed by atoms with Crippen LogP contribution >= 0.6 is 11.6 Å². The lowest BCUT2D eigenvalue weighted by atomic mass is 10.0. The molecule has 1 aliphatic rings. The Hall–Kier alpha value is -2.01. The van der Waals surface area contributed by atoms with Crippen molar-refractivity contribution in [3.63, 3.8) is 0 Å². The summed E-state index contributed by atoms with van der Waals surface area (Å²) in [5.41, 5.74) is 1.10. The van der Waals surface area contributed by atoms with E-state index >= 15 is 0 Å². The molecule has 0 saturated heterocycles. The Morgan fingerprint density at radius 1 is 1.40 bits per heavy atom. The van der Waals surface area contributed by atoms with Crippen LogP contribution in [0.25, 0.3) is 0 Å². The summed E-state index contributed by atoms with van der Waals surface area (Å²) in [6, 6.07) is 8.35. The van der Waals surface area contributed by atoms with E-state index in [2.05, 4.69) is 15.3 Å². The molecule has 1 N–H and O–H groups in total. The molecule has 2 aromatic rings. The lowest BCUT2D eigenvalue weighted by Crippen LogP contribution is -2.21. The van der Waals surface area contributed by atoms with Crippen molar-refractivity contribution >= 4 is 17.4 Å². The van der Waals surface area contributed by atoms with Crippen LogP contribution in [0.2, 0.25) is 5.02 Å². The molecule has 20 heavy (non-hydrogen) atoms. The first kappa shape index (κ1) is 13.0. The van der Waals surface area contributed by atoms with Crippen molar-refractivity contribution in [1.82, 2.24) is 9.97 Å². The normalized spacial score (nSPS) is 17.0. The van der Waals surface area contributed by atoms with Crippen molar-refractivity contribution in [2.75, 3.05) is 19.0 Å². The first-order valence-electron chi connectivity index (χ1n) is 6.32. The van der Waals surface area contributed by atoms with Gasteiger partial charge >= 0.3 is 6.01 Å². The van der Waals surface area contributed by atoms with E-state index in [0.29, 0.717) is 17.4 Å². The van der Waals surface area contributed by atoms with Gasteiger partial charge in [-0.2, -0.15) is 4.98 Å². The largest absolute Gasteiger partial charge is 0.493 e. The van der Waals surface area contributed by atoms with Gasteiger partial charge in [0.05, 0.1) is 26.0 Å². The monoisotopic (exact) mass is 291 g/mol. The number of nitrogens with zero attached hydrogens (tertiary/aromatic N) is 2. The Kier molecular flexibility index (Phi) is 3.60. The van der Waals surface area contributed by atoms with Gasteiger partial charge in [0.25, 0.3) is 0 Å². The quantitative estimate of drug-likeness (QED) is 0.942. The van der Waals surface area contributed by atoms with Crippen LogP contribution < -0.4 is 14.8 Å². The van der Waals surface area contributed by atoms with Gasteiger partial charge in [0.1, 0.15) is 10.8 Å². The van der Waals surface area contributed by atoms with Crippen LogP contribution in [0.5, 0.6) is 11.8 Å². The van der Waals surface area contributed by atoms with E-state index in [1.807, 2.05) is 24.3 Å². The molecule has 5 nitrogen and oxygen atoms in total. The molecule has 104 valence electrons. The van der Waals surface area contributed by atoms with Gasteiger partial charge in [-0.05, 0) is 6.07 Å². The molecule has 0 spiro atoms. The second-order valence-corrected chi connectivity index (χ2v) is 4.83. The first-order chi connectivity index (χ1) is 9.78. The molecule has 6 heteroatoms. The SMILES string of the molecule is COc1ncc(Cl)c(NC2CCOc3ccccc32)n1. The fourth-order valence-corrected chi connectivity index (χ4v) is 2.35. The summed E-state index contributed by atoms with van der Waals surface area (Å²) in [6.07, 6.45) is 2.38. The number of benzene rings is 1. The highest BCUT2D eigenvalue weighted by Crippen LogP contribution is 2.35. The molecule has 3 rings (SSSR count). The van der Waals surface area contributed by atoms with Crippen LogP contribution in [0, 0.1) is 0 Å². The van der Waals surface area contributed by atoms with Gasteiger partial charge in [-0.1, -0.05) is 29.8 Å². The molecule has 0 amide bonds. The van der Waals surface area contributed by atoms with E-state index in [-0.39, 0.29) is 12.1 Å². The third-order valence-corrected chi connectivity index (χ3v) is 3.45. The van der Waals surface area contributed by atoms with Crippen LogP contribution in [0.15, 0.2) is 30.5 Å². The van der Waals surface area contributed by atoms with Crippen LogP contribution in [0.4, 0.5) is 5.82 Å². The highest BCUT2D eigenvalue weighted by atomic mass is 35.5. The van der Waals surface area contributed by atoms with Gasteiger partial charge in [0.2, 0.25) is 0 Å². The van der Waals surface area contributed by atoms with E-state index in [1.165, 1.54) is 13.3 Å². The Balaban J connectivity index is 1.89. The zero-order valence-electron chi connectivity index (χ0n) is 11.0. The van der Waals surface area contributed by atoms with Gasteiger partial charge in [-0.25, -0.2) is 4.98 Å². The molecule has 1 atom stereocenters. The third-order valence-electron chi connectivity index (χ3n) is 3.17. The molecule has 0 radical (unpaired) electrons. The highest BCUT2D eigenvalue weighted by Gasteiger charge is 2.22. The number of hydrogen-bond donors (Lipinski definition) is 1. The minimum absolute atomic E-state index is 0.108. The second kappa shape index (κ2) is 5.54. The van der Waals surface area contributed by atoms with E-state index in [9.17, 15) is 0 Å². The number of halogens is 1. The molecule has 1 aromatic carbocycles. The average Bonchev–Trinajstić information content (AvgIpc) is 2.50. The first-order valence-corrected chi connectivity index (χ1v) is 6.70. The van der Waals surface area contributed by atoms with Gasteiger partial charge < -0.3 is 14.8 Å². The summed E-state index contributed by atoms with van der Waals surface area (Å²) >= 11 is 6.13. The van der Waals surface area contributed by atoms with Gasteiger partial charge in [-0.15, -0.1) is 0 Å². The Bertz CT molecular complexity index is 621. The number of methoxy groups -OCH3 is 1. The van der Waals surface area contributed by atoms with E-state index in [0.717, 1.165) is 17.7 Å². The summed E-state index contributed by atoms with van der Waals surface area (Å²) < 4.78 is 10.7. The van der Waals surface area contributed by atoms with E-state index in [4.69, 9.17) is 21.1 Å². The van der Waals surface area contributed by atoms with Crippen molar-refractivity contribution in [2.45, 2.75) is 12.5 Å². The maximum Gasteiger partial charge on any atom is 0.318 e. The predicted molar refractivity (Wildman–Crippen MR) is 76.5 cm³/mol. The lowest BCUT2D eigenvalue weighted by molar-refractivity contribution is 0.274. The molecular formula is C14H14ClN3O2. The maximum atomic E-state index is 6.13. The van der Waals surface area contributed by atoms with Crippen molar-refractivity contribution in [3.05, 3.63) is 41.0 Å². The number of nitrogens with one attached hydrogen (secondary N) is 1. The molecule has 0 aliphatic carbocycles. The average molecular weight is 292 g/mol. The number of rotatable bonds is 3. The molecule has 0 bridgehead atoms. The van der Waals surface area contributed by atoms with Crippen LogP contribution in [0.1, 0.15) is 18.0 Å². The standard InChI is InChI=1S/C14H14ClN3O2/c1-19-14-16-8-10(15)13(18-14)17-11-6-7-20-12-5-3-2-4-9(11)12/h2-5,8,11H,6-7H2,1H3,(H,16,17,18). The molecular weight excluding hydrogens is 278 g/mol. The van der Waals surface area contributed by atoms with Crippen molar-refractivity contribution < 1.29 is 9.47 Å². The summed E-state index contributed by atoms with van der Waals surface area (Å²) in [4.78, 5) is 8.21. The zero-order valence-corrected chi connectivity index (χ0v) is 11.7. The van der Waals surface area contributed by atoms with Crippen LogP contribution in [-0.2, 0) is 0 Å². The molecule has 1 unspecified atom stereocenters. The molecule has 2 heterocycles. The Morgan fingerprint density at radius 3 is 3.10 bits per heavy atom. The van der Waals surface area contributed by atoms with E-state index < -0.39 is 0 Å². The third kappa shape index (κ3) is 2.49. The Morgan fingerprint density at radius 2 is 2.25 bits per heavy atom. The summed E-state index contributed by atoms with van der Waals surface area (Å²) in [6.45, 7) is 0.661. The number of ether oxygens (including phenoxy) is 2. The Labute approximate surface area is 121 Å². The van der Waals surface area contributed by atoms with Crippen molar-refractivity contribution in [3.8, 4) is 11.8 Å². The fourth-order valence-electron chi connectivity index (χ4n) is 2.21. The smallest absolute Gasteiger partial charge is 0.318 e. The molecule has 1 aromatic heterocycles. The minimum Gasteiger partial charge on any atom is -0.493 e. The second-order valence-electron chi connectivity index (χ2n) is 4.43. The number of hydrogen-bond acceptors (Lipinski definition) is 5. The topological polar surface area (TPSA) is 56.3 Å². The van der Waals surface area contributed by atoms with Gasteiger partial charge in [-0.3, -0.25) is 0 Å². The molecule has 0 saturated carbocycles. The maximum absolute atomic E-state index is 6.13. The molecule has 0 fully saturated rings. The number of fused-ring (bicyclic) bond motifs is 1. The van der Waals surface area contributed by atoms with Gasteiger partial charge in [0.15, 0.2) is 5.82 Å². The summed E-state index contributed by atoms with van der Waals surface area (Å²) in [5, 5.41) is 3.80. The molecule has 1 aliphatic heterocycles. The van der Waals surface area contributed by atoms with E-state index in [1.54, 1.807) is 0 Å². The highest BCUT2D eigenvalue weighted by molar-refractivity contribution is 6.32. The van der Waals surface area contributed by atoms with Crippen molar-refractivity contribution in [1.29, 1.82) is 0 Å². The lowest BCUT2D eigenvalue weighted by Gasteiger charge is -2.27. The van der Waals surface area contributed by atoms with Gasteiger partial charge in [0, 0.05) is 12.0 Å². The fraction of sp³-hybridized carbons (Fsp3) is 0.286. The minimum atomic E-state index is 0.108. The predicted octanol–water partition coefficient (Wildman–Crippen LogP) is 3.07. The van der Waals surface area contributed by atoms with Crippen LogP contribution in [-0.4, -0.2) is 23.7 Å². The number of anilines is 1. The van der Waals surface area contributed by atoms with Crippen molar-refractivity contribution in [2.24, 2.45) is 0 Å². The van der Waals surface area contributed by atoms with Crippen LogP contribution in [0.3, 0.4) is 0 Å².